The molecule has 19 heavy (non-hydrogen) atoms. The average Bonchev–Trinajstić information content (AvgIpc) is 2.41. The van der Waals surface area contributed by atoms with Gasteiger partial charge in [-0.1, -0.05) is 47.5 Å². The highest BCUT2D eigenvalue weighted by Gasteiger charge is 2.08. The lowest BCUT2D eigenvalue weighted by molar-refractivity contribution is -0.116. The molecular weight excluding hydrogens is 299 g/mol. The van der Waals surface area contributed by atoms with Crippen LogP contribution in [0.15, 0.2) is 53.4 Å². The van der Waals surface area contributed by atoms with Gasteiger partial charge in [0.05, 0.1) is 5.75 Å². The fourth-order valence-corrected chi connectivity index (χ4v) is 2.86. The van der Waals surface area contributed by atoms with E-state index in [9.17, 15) is 4.79 Å². The first-order chi connectivity index (χ1) is 9.15. The van der Waals surface area contributed by atoms with Crippen molar-refractivity contribution in [3.63, 3.8) is 0 Å². The van der Waals surface area contributed by atoms with Gasteiger partial charge in [-0.25, -0.2) is 0 Å². The van der Waals surface area contributed by atoms with Gasteiger partial charge in [-0.05, 0) is 29.8 Å². The first kappa shape index (κ1) is 14.4. The van der Waals surface area contributed by atoms with E-state index in [1.807, 2.05) is 30.3 Å². The smallest absolute Gasteiger partial charge is 0.147 e. The Morgan fingerprint density at radius 1 is 1.05 bits per heavy atom. The standard InChI is InChI=1S/C15H12Cl2OS/c16-12-7-6-11(15(17)9-12)8-13(18)10-19-14-4-2-1-3-5-14/h1-7,9H,8,10H2. The maximum atomic E-state index is 11.9. The van der Waals surface area contributed by atoms with Gasteiger partial charge >= 0.3 is 0 Å². The van der Waals surface area contributed by atoms with Gasteiger partial charge in [0, 0.05) is 21.4 Å². The highest BCUT2D eigenvalue weighted by Crippen LogP contribution is 2.23. The van der Waals surface area contributed by atoms with E-state index in [0.29, 0.717) is 22.2 Å². The number of benzene rings is 2. The summed E-state index contributed by atoms with van der Waals surface area (Å²) < 4.78 is 0. The molecular formula is C15H12Cl2OS. The van der Waals surface area contributed by atoms with Crippen LogP contribution in [0.25, 0.3) is 0 Å². The molecule has 0 bridgehead atoms. The molecule has 0 fully saturated rings. The molecule has 2 aromatic rings. The molecule has 0 saturated carbocycles. The summed E-state index contributed by atoms with van der Waals surface area (Å²) in [6, 6.07) is 15.1. The van der Waals surface area contributed by atoms with Crippen LogP contribution >= 0.6 is 35.0 Å². The Kier molecular flexibility index (Phi) is 5.32. The van der Waals surface area contributed by atoms with Gasteiger partial charge in [0.25, 0.3) is 0 Å². The van der Waals surface area contributed by atoms with Crippen LogP contribution in [0.5, 0.6) is 0 Å². The van der Waals surface area contributed by atoms with E-state index >= 15 is 0 Å². The van der Waals surface area contributed by atoms with Crippen molar-refractivity contribution >= 4 is 40.7 Å². The van der Waals surface area contributed by atoms with E-state index in [-0.39, 0.29) is 5.78 Å². The number of ketones is 1. The summed E-state index contributed by atoms with van der Waals surface area (Å²) in [6.45, 7) is 0. The summed E-state index contributed by atoms with van der Waals surface area (Å²) in [5.41, 5.74) is 0.824. The highest BCUT2D eigenvalue weighted by molar-refractivity contribution is 8.00. The summed E-state index contributed by atoms with van der Waals surface area (Å²) in [6.07, 6.45) is 0.343. The number of carbonyl (C=O) groups is 1. The summed E-state index contributed by atoms with van der Waals surface area (Å²) in [5, 5.41) is 1.13. The molecule has 0 aliphatic rings. The van der Waals surface area contributed by atoms with Crippen LogP contribution in [0.3, 0.4) is 0 Å². The summed E-state index contributed by atoms with van der Waals surface area (Å²) in [5.74, 6) is 0.598. The van der Waals surface area contributed by atoms with Crippen LogP contribution in [0.4, 0.5) is 0 Å². The van der Waals surface area contributed by atoms with Crippen molar-refractivity contribution in [2.75, 3.05) is 5.75 Å². The van der Waals surface area contributed by atoms with Crippen molar-refractivity contribution in [2.45, 2.75) is 11.3 Å². The largest absolute Gasteiger partial charge is 0.298 e. The van der Waals surface area contributed by atoms with E-state index in [1.165, 1.54) is 11.8 Å². The molecule has 2 aromatic carbocycles. The Morgan fingerprint density at radius 2 is 1.79 bits per heavy atom. The highest BCUT2D eigenvalue weighted by atomic mass is 35.5. The number of hydrogen-bond donors (Lipinski definition) is 0. The first-order valence-corrected chi connectivity index (χ1v) is 7.53. The van der Waals surface area contributed by atoms with Crippen LogP contribution < -0.4 is 0 Å². The molecule has 98 valence electrons. The zero-order valence-corrected chi connectivity index (χ0v) is 12.4. The minimum atomic E-state index is 0.151. The molecule has 0 N–H and O–H groups in total. The molecule has 4 heteroatoms. The zero-order chi connectivity index (χ0) is 13.7. The first-order valence-electron chi connectivity index (χ1n) is 5.78. The van der Waals surface area contributed by atoms with Crippen LogP contribution in [0, 0.1) is 0 Å². The Hall–Kier alpha value is -0.960. The maximum Gasteiger partial charge on any atom is 0.147 e. The third-order valence-corrected chi connectivity index (χ3v) is 4.20. The Balaban J connectivity index is 1.91. The molecule has 2 rings (SSSR count). The monoisotopic (exact) mass is 310 g/mol. The fraction of sp³-hybridized carbons (Fsp3) is 0.133. The van der Waals surface area contributed by atoms with Crippen LogP contribution in [-0.2, 0) is 11.2 Å². The Bertz CT molecular complexity index is 570. The Labute approximate surface area is 126 Å². The lowest BCUT2D eigenvalue weighted by Crippen LogP contribution is -2.06. The Morgan fingerprint density at radius 3 is 2.47 bits per heavy atom. The quantitative estimate of drug-likeness (QED) is 0.731. The molecule has 0 aromatic heterocycles. The maximum absolute atomic E-state index is 11.9. The molecule has 0 amide bonds. The van der Waals surface area contributed by atoms with Gasteiger partial charge in [0.2, 0.25) is 0 Å². The average molecular weight is 311 g/mol. The minimum absolute atomic E-state index is 0.151. The number of Topliss-reactive ketones (excluding diaryl/α,β-unsaturated/α-hetero) is 1. The molecule has 1 nitrogen and oxygen atoms in total. The van der Waals surface area contributed by atoms with E-state index in [2.05, 4.69) is 0 Å². The molecule has 0 aliphatic carbocycles. The van der Waals surface area contributed by atoms with E-state index in [1.54, 1.807) is 18.2 Å². The second-order valence-electron chi connectivity index (χ2n) is 4.05. The van der Waals surface area contributed by atoms with Crippen LogP contribution in [-0.4, -0.2) is 11.5 Å². The van der Waals surface area contributed by atoms with Crippen molar-refractivity contribution < 1.29 is 4.79 Å². The minimum Gasteiger partial charge on any atom is -0.298 e. The SMILES string of the molecule is O=C(CSc1ccccc1)Cc1ccc(Cl)cc1Cl. The molecule has 0 aliphatic heterocycles. The number of carbonyl (C=O) groups excluding carboxylic acids is 1. The summed E-state index contributed by atoms with van der Waals surface area (Å²) >= 11 is 13.4. The molecule has 0 saturated heterocycles. The normalized spacial score (nSPS) is 10.4. The molecule has 0 spiro atoms. The number of halogens is 2. The third-order valence-electron chi connectivity index (χ3n) is 2.55. The van der Waals surface area contributed by atoms with Crippen molar-refractivity contribution in [1.29, 1.82) is 0 Å². The summed E-state index contributed by atoms with van der Waals surface area (Å²) in [7, 11) is 0. The van der Waals surface area contributed by atoms with E-state index < -0.39 is 0 Å². The summed E-state index contributed by atoms with van der Waals surface area (Å²) in [4.78, 5) is 13.0. The lowest BCUT2D eigenvalue weighted by Gasteiger charge is -2.04. The van der Waals surface area contributed by atoms with Gasteiger partial charge in [0.1, 0.15) is 5.78 Å². The van der Waals surface area contributed by atoms with Crippen molar-refractivity contribution in [2.24, 2.45) is 0 Å². The molecule has 0 unspecified atom stereocenters. The van der Waals surface area contributed by atoms with Gasteiger partial charge in [-0.15, -0.1) is 11.8 Å². The number of rotatable bonds is 5. The second-order valence-corrected chi connectivity index (χ2v) is 5.95. The van der Waals surface area contributed by atoms with Crippen LogP contribution in [0.2, 0.25) is 10.0 Å². The number of thioether (sulfide) groups is 1. The zero-order valence-electron chi connectivity index (χ0n) is 10.1. The third kappa shape index (κ3) is 4.57. The molecule has 0 radical (unpaired) electrons. The van der Waals surface area contributed by atoms with Crippen molar-refractivity contribution in [1.82, 2.24) is 0 Å². The van der Waals surface area contributed by atoms with E-state index in [4.69, 9.17) is 23.2 Å². The predicted octanol–water partition coefficient (Wildman–Crippen LogP) is 4.90. The van der Waals surface area contributed by atoms with Crippen molar-refractivity contribution in [3.8, 4) is 0 Å². The topological polar surface area (TPSA) is 17.1 Å². The molecule has 0 heterocycles. The molecule has 0 atom stereocenters. The van der Waals surface area contributed by atoms with Gasteiger partial charge < -0.3 is 0 Å². The van der Waals surface area contributed by atoms with Crippen molar-refractivity contribution in [3.05, 3.63) is 64.1 Å². The van der Waals surface area contributed by atoms with Crippen LogP contribution in [0.1, 0.15) is 5.56 Å². The van der Waals surface area contributed by atoms with Gasteiger partial charge in [0.15, 0.2) is 0 Å². The van der Waals surface area contributed by atoms with E-state index in [0.717, 1.165) is 10.5 Å². The number of hydrogen-bond acceptors (Lipinski definition) is 2. The van der Waals surface area contributed by atoms with Gasteiger partial charge in [-0.3, -0.25) is 4.79 Å². The predicted molar refractivity (Wildman–Crippen MR) is 82.3 cm³/mol. The lowest BCUT2D eigenvalue weighted by atomic mass is 10.1. The fourth-order valence-electron chi connectivity index (χ4n) is 1.61. The van der Waals surface area contributed by atoms with Gasteiger partial charge in [-0.2, -0.15) is 0 Å². The second kappa shape index (κ2) is 6.99.